The van der Waals surface area contributed by atoms with E-state index in [0.717, 1.165) is 22.6 Å². The highest BCUT2D eigenvalue weighted by atomic mass is 32.2. The van der Waals surface area contributed by atoms with Crippen molar-refractivity contribution in [3.05, 3.63) is 78.1 Å². The fourth-order valence-corrected chi connectivity index (χ4v) is 4.16. The van der Waals surface area contributed by atoms with E-state index < -0.39 is 0 Å². The summed E-state index contributed by atoms with van der Waals surface area (Å²) < 4.78 is 31.7. The fraction of sp³-hybridized carbons (Fsp3) is 0.167. The molecular formula is C24H22FN3O3S. The Morgan fingerprint density at radius 2 is 1.62 bits per heavy atom. The Hall–Kier alpha value is -3.52. The average molecular weight is 452 g/mol. The summed E-state index contributed by atoms with van der Waals surface area (Å²) in [5, 5.41) is 9.57. The van der Waals surface area contributed by atoms with E-state index in [9.17, 15) is 4.39 Å². The minimum absolute atomic E-state index is 0.259. The number of aromatic nitrogens is 3. The first-order valence-electron chi connectivity index (χ1n) is 9.82. The molecule has 4 aromatic rings. The lowest BCUT2D eigenvalue weighted by Crippen LogP contribution is -2.00. The van der Waals surface area contributed by atoms with Crippen LogP contribution in [0.5, 0.6) is 17.2 Å². The SMILES string of the molecule is COc1ccc(-n2c(SCc3cccc(F)c3)nnc2-c2ccc(OC)c(OC)c2)cc1. The molecule has 0 saturated carbocycles. The van der Waals surface area contributed by atoms with Gasteiger partial charge in [-0.25, -0.2) is 4.39 Å². The van der Waals surface area contributed by atoms with Gasteiger partial charge in [0.1, 0.15) is 11.6 Å². The van der Waals surface area contributed by atoms with Crippen molar-refractivity contribution in [3.8, 4) is 34.3 Å². The Morgan fingerprint density at radius 3 is 2.31 bits per heavy atom. The Labute approximate surface area is 190 Å². The monoisotopic (exact) mass is 451 g/mol. The van der Waals surface area contributed by atoms with Gasteiger partial charge in [-0.15, -0.1) is 10.2 Å². The van der Waals surface area contributed by atoms with E-state index in [1.165, 1.54) is 23.9 Å². The molecule has 0 amide bonds. The average Bonchev–Trinajstić information content (AvgIpc) is 3.26. The number of hydrogen-bond donors (Lipinski definition) is 0. The van der Waals surface area contributed by atoms with Gasteiger partial charge in [0.15, 0.2) is 22.5 Å². The summed E-state index contributed by atoms with van der Waals surface area (Å²) >= 11 is 1.48. The molecule has 164 valence electrons. The number of ether oxygens (including phenoxy) is 3. The summed E-state index contributed by atoms with van der Waals surface area (Å²) in [7, 11) is 4.82. The van der Waals surface area contributed by atoms with Crippen molar-refractivity contribution in [2.45, 2.75) is 10.9 Å². The molecule has 0 bridgehead atoms. The predicted molar refractivity (Wildman–Crippen MR) is 122 cm³/mol. The molecule has 1 heterocycles. The molecule has 0 aliphatic carbocycles. The van der Waals surface area contributed by atoms with Gasteiger partial charge in [-0.2, -0.15) is 0 Å². The molecule has 8 heteroatoms. The van der Waals surface area contributed by atoms with E-state index >= 15 is 0 Å². The molecule has 0 saturated heterocycles. The molecule has 0 fully saturated rings. The van der Waals surface area contributed by atoms with E-state index in [4.69, 9.17) is 14.2 Å². The third-order valence-corrected chi connectivity index (χ3v) is 5.86. The Kier molecular flexibility index (Phi) is 6.61. The van der Waals surface area contributed by atoms with Crippen molar-refractivity contribution in [2.24, 2.45) is 0 Å². The lowest BCUT2D eigenvalue weighted by Gasteiger charge is -2.13. The van der Waals surface area contributed by atoms with Crippen LogP contribution in [0.25, 0.3) is 17.1 Å². The van der Waals surface area contributed by atoms with Gasteiger partial charge in [0.05, 0.1) is 21.3 Å². The minimum atomic E-state index is -0.259. The lowest BCUT2D eigenvalue weighted by atomic mass is 10.2. The number of hydrogen-bond acceptors (Lipinski definition) is 6. The third kappa shape index (κ3) is 4.55. The van der Waals surface area contributed by atoms with Gasteiger partial charge < -0.3 is 14.2 Å². The Bertz CT molecular complexity index is 1210. The molecule has 0 N–H and O–H groups in total. The third-order valence-electron chi connectivity index (χ3n) is 4.86. The predicted octanol–water partition coefficient (Wildman–Crippen LogP) is 5.39. The van der Waals surface area contributed by atoms with Gasteiger partial charge in [-0.3, -0.25) is 4.57 Å². The van der Waals surface area contributed by atoms with Crippen molar-refractivity contribution in [2.75, 3.05) is 21.3 Å². The van der Waals surface area contributed by atoms with Crippen LogP contribution in [-0.2, 0) is 5.75 Å². The van der Waals surface area contributed by atoms with Gasteiger partial charge in [0.25, 0.3) is 0 Å². The van der Waals surface area contributed by atoms with Crippen molar-refractivity contribution in [1.82, 2.24) is 14.8 Å². The molecule has 32 heavy (non-hydrogen) atoms. The lowest BCUT2D eigenvalue weighted by molar-refractivity contribution is 0.355. The smallest absolute Gasteiger partial charge is 0.196 e. The van der Waals surface area contributed by atoms with Crippen molar-refractivity contribution < 1.29 is 18.6 Å². The van der Waals surface area contributed by atoms with Crippen molar-refractivity contribution in [3.63, 3.8) is 0 Å². The Balaban J connectivity index is 1.76. The molecule has 6 nitrogen and oxygen atoms in total. The topological polar surface area (TPSA) is 58.4 Å². The number of benzene rings is 3. The molecular weight excluding hydrogens is 429 g/mol. The van der Waals surface area contributed by atoms with E-state index in [2.05, 4.69) is 10.2 Å². The maximum atomic E-state index is 13.6. The number of methoxy groups -OCH3 is 3. The highest BCUT2D eigenvalue weighted by molar-refractivity contribution is 7.98. The molecule has 0 unspecified atom stereocenters. The van der Waals surface area contributed by atoms with Crippen LogP contribution in [0, 0.1) is 5.82 Å². The zero-order chi connectivity index (χ0) is 22.5. The summed E-state index contributed by atoms with van der Waals surface area (Å²) in [6, 6.07) is 19.8. The van der Waals surface area contributed by atoms with Crippen LogP contribution in [0.2, 0.25) is 0 Å². The quantitative estimate of drug-likeness (QED) is 0.335. The largest absolute Gasteiger partial charge is 0.497 e. The summed E-state index contributed by atoms with van der Waals surface area (Å²) in [6.07, 6.45) is 0. The molecule has 1 aromatic heterocycles. The first-order chi connectivity index (χ1) is 15.6. The van der Waals surface area contributed by atoms with Crippen LogP contribution in [0.3, 0.4) is 0 Å². The normalized spacial score (nSPS) is 10.8. The maximum absolute atomic E-state index is 13.6. The number of rotatable bonds is 8. The van der Waals surface area contributed by atoms with Crippen LogP contribution in [0.15, 0.2) is 71.9 Å². The second-order valence-corrected chi connectivity index (χ2v) is 7.77. The van der Waals surface area contributed by atoms with Crippen LogP contribution in [-0.4, -0.2) is 36.1 Å². The molecule has 4 rings (SSSR count). The summed E-state index contributed by atoms with van der Waals surface area (Å²) in [5.74, 6) is 2.93. The zero-order valence-corrected chi connectivity index (χ0v) is 18.7. The fourth-order valence-electron chi connectivity index (χ4n) is 3.26. The number of halogens is 1. The second kappa shape index (κ2) is 9.74. The van der Waals surface area contributed by atoms with Crippen molar-refractivity contribution >= 4 is 11.8 Å². The highest BCUT2D eigenvalue weighted by Gasteiger charge is 2.18. The molecule has 0 spiro atoms. The summed E-state index contributed by atoms with van der Waals surface area (Å²) in [4.78, 5) is 0. The zero-order valence-electron chi connectivity index (χ0n) is 17.9. The number of nitrogens with zero attached hydrogens (tertiary/aromatic N) is 3. The molecule has 3 aromatic carbocycles. The van der Waals surface area contributed by atoms with Gasteiger partial charge >= 0.3 is 0 Å². The minimum Gasteiger partial charge on any atom is -0.497 e. The Morgan fingerprint density at radius 1 is 0.844 bits per heavy atom. The van der Waals surface area contributed by atoms with Gasteiger partial charge in [0.2, 0.25) is 0 Å². The molecule has 0 aliphatic rings. The van der Waals surface area contributed by atoms with Crippen LogP contribution < -0.4 is 14.2 Å². The molecule has 0 radical (unpaired) electrons. The highest BCUT2D eigenvalue weighted by Crippen LogP contribution is 2.35. The second-order valence-electron chi connectivity index (χ2n) is 6.83. The molecule has 0 atom stereocenters. The van der Waals surface area contributed by atoms with E-state index in [1.807, 2.05) is 53.1 Å². The first-order valence-corrected chi connectivity index (χ1v) is 10.8. The van der Waals surface area contributed by atoms with Crippen LogP contribution in [0.1, 0.15) is 5.56 Å². The van der Waals surface area contributed by atoms with E-state index in [0.29, 0.717) is 28.2 Å². The van der Waals surface area contributed by atoms with E-state index in [1.54, 1.807) is 27.4 Å². The summed E-state index contributed by atoms with van der Waals surface area (Å²) in [6.45, 7) is 0. The van der Waals surface area contributed by atoms with Crippen LogP contribution in [0.4, 0.5) is 4.39 Å². The number of thioether (sulfide) groups is 1. The van der Waals surface area contributed by atoms with E-state index in [-0.39, 0.29) is 5.82 Å². The first kappa shape index (κ1) is 21.7. The van der Waals surface area contributed by atoms with Gasteiger partial charge in [0, 0.05) is 17.0 Å². The van der Waals surface area contributed by atoms with Crippen molar-refractivity contribution in [1.29, 1.82) is 0 Å². The van der Waals surface area contributed by atoms with Crippen LogP contribution >= 0.6 is 11.8 Å². The van der Waals surface area contributed by atoms with Gasteiger partial charge in [-0.05, 0) is 60.2 Å². The maximum Gasteiger partial charge on any atom is 0.196 e. The standard InChI is InChI=1S/C24H22FN3O3S/c1-29-20-10-8-19(9-11-20)28-23(17-7-12-21(30-2)22(14-17)31-3)26-27-24(28)32-15-16-5-4-6-18(25)13-16/h4-14H,15H2,1-3H3. The summed E-state index contributed by atoms with van der Waals surface area (Å²) in [5.41, 5.74) is 2.57. The molecule has 0 aliphatic heterocycles. The van der Waals surface area contributed by atoms with Gasteiger partial charge in [-0.1, -0.05) is 23.9 Å².